The molecule has 1 aliphatic rings. The van der Waals surface area contributed by atoms with E-state index in [-0.39, 0.29) is 18.1 Å². The van der Waals surface area contributed by atoms with E-state index in [9.17, 15) is 4.79 Å². The Bertz CT molecular complexity index is 465. The summed E-state index contributed by atoms with van der Waals surface area (Å²) in [6.07, 6.45) is 0.125. The number of methoxy groups -OCH3 is 1. The summed E-state index contributed by atoms with van der Waals surface area (Å²) in [5.41, 5.74) is 6.74. The van der Waals surface area contributed by atoms with Gasteiger partial charge in [0.25, 0.3) is 0 Å². The number of carbonyl (C=O) groups excluding carboxylic acids is 1. The lowest BCUT2D eigenvalue weighted by atomic mass is 10.1. The fourth-order valence-electron chi connectivity index (χ4n) is 2.44. The van der Waals surface area contributed by atoms with Crippen molar-refractivity contribution in [1.29, 1.82) is 0 Å². The topological polar surface area (TPSA) is 55.6 Å². The van der Waals surface area contributed by atoms with Crippen molar-refractivity contribution in [1.82, 2.24) is 4.90 Å². The molecule has 2 atom stereocenters. The monoisotopic (exact) mass is 328 g/mol. The molecule has 1 aromatic rings. The molecule has 0 bridgehead atoms. The fraction of sp³-hybridized carbons (Fsp3) is 0.533. The third-order valence-electron chi connectivity index (χ3n) is 3.70. The van der Waals surface area contributed by atoms with Crippen molar-refractivity contribution >= 4 is 29.3 Å². The summed E-state index contributed by atoms with van der Waals surface area (Å²) in [5.74, 6) is 1.98. The molecule has 1 amide bonds. The van der Waals surface area contributed by atoms with Crippen LogP contribution in [0.5, 0.6) is 0 Å². The average molecular weight is 329 g/mol. The SMILES string of the molecule is COC(CN)CC(=O)N1CCSCC1c1ccc(Cl)cc1. The molecule has 2 N–H and O–H groups in total. The van der Waals surface area contributed by atoms with Gasteiger partial charge in [0.05, 0.1) is 18.6 Å². The molecule has 1 aromatic carbocycles. The van der Waals surface area contributed by atoms with E-state index in [1.54, 1.807) is 7.11 Å². The van der Waals surface area contributed by atoms with Gasteiger partial charge in [-0.25, -0.2) is 0 Å². The predicted octanol–water partition coefficient (Wildman–Crippen LogP) is 2.32. The van der Waals surface area contributed by atoms with Gasteiger partial charge < -0.3 is 15.4 Å². The Balaban J connectivity index is 2.11. The highest BCUT2D eigenvalue weighted by atomic mass is 35.5. The highest BCUT2D eigenvalue weighted by Crippen LogP contribution is 2.31. The van der Waals surface area contributed by atoms with Crippen molar-refractivity contribution < 1.29 is 9.53 Å². The first-order chi connectivity index (χ1) is 10.2. The molecule has 2 rings (SSSR count). The highest BCUT2D eigenvalue weighted by molar-refractivity contribution is 7.99. The zero-order valence-electron chi connectivity index (χ0n) is 12.1. The predicted molar refractivity (Wildman–Crippen MR) is 87.7 cm³/mol. The number of nitrogens with two attached hydrogens (primary N) is 1. The van der Waals surface area contributed by atoms with Crippen molar-refractivity contribution in [3.8, 4) is 0 Å². The third-order valence-corrected chi connectivity index (χ3v) is 4.98. The minimum Gasteiger partial charge on any atom is -0.380 e. The lowest BCUT2D eigenvalue weighted by Gasteiger charge is -2.36. The van der Waals surface area contributed by atoms with Gasteiger partial charge >= 0.3 is 0 Å². The lowest BCUT2D eigenvalue weighted by Crippen LogP contribution is -2.43. The molecule has 6 heteroatoms. The zero-order chi connectivity index (χ0) is 15.2. The van der Waals surface area contributed by atoms with Crippen LogP contribution in [-0.2, 0) is 9.53 Å². The third kappa shape index (κ3) is 4.36. The number of amides is 1. The maximum absolute atomic E-state index is 12.5. The maximum atomic E-state index is 12.5. The molecule has 4 nitrogen and oxygen atoms in total. The van der Waals surface area contributed by atoms with E-state index < -0.39 is 0 Å². The summed E-state index contributed by atoms with van der Waals surface area (Å²) in [5, 5.41) is 0.711. The Kier molecular flexibility index (Phi) is 6.36. The van der Waals surface area contributed by atoms with Crippen LogP contribution in [0.4, 0.5) is 0 Å². The summed E-state index contributed by atoms with van der Waals surface area (Å²) in [6, 6.07) is 7.84. The summed E-state index contributed by atoms with van der Waals surface area (Å²) >= 11 is 7.81. The number of hydrogen-bond donors (Lipinski definition) is 1. The van der Waals surface area contributed by atoms with Crippen LogP contribution in [0.1, 0.15) is 18.0 Å². The number of nitrogens with zero attached hydrogens (tertiary/aromatic N) is 1. The van der Waals surface area contributed by atoms with Gasteiger partial charge in [0, 0.05) is 36.7 Å². The number of carbonyl (C=O) groups is 1. The molecule has 0 saturated carbocycles. The second-order valence-corrected chi connectivity index (χ2v) is 6.61. The van der Waals surface area contributed by atoms with Gasteiger partial charge in [0.15, 0.2) is 0 Å². The van der Waals surface area contributed by atoms with Crippen molar-refractivity contribution in [2.75, 3.05) is 31.7 Å². The number of benzene rings is 1. The molecule has 0 aliphatic carbocycles. The Labute approximate surface area is 135 Å². The number of halogens is 1. The standard InChI is InChI=1S/C15H21ClN2O2S/c1-20-13(9-17)8-15(19)18-6-7-21-10-14(18)11-2-4-12(16)5-3-11/h2-5,13-14H,6-10,17H2,1H3. The van der Waals surface area contributed by atoms with Gasteiger partial charge in [-0.05, 0) is 17.7 Å². The smallest absolute Gasteiger partial charge is 0.225 e. The van der Waals surface area contributed by atoms with E-state index in [1.165, 1.54) is 0 Å². The van der Waals surface area contributed by atoms with Crippen LogP contribution in [0.3, 0.4) is 0 Å². The Morgan fingerprint density at radius 2 is 2.24 bits per heavy atom. The maximum Gasteiger partial charge on any atom is 0.225 e. The largest absolute Gasteiger partial charge is 0.380 e. The van der Waals surface area contributed by atoms with Crippen molar-refractivity contribution in [2.45, 2.75) is 18.6 Å². The van der Waals surface area contributed by atoms with Gasteiger partial charge in [0.2, 0.25) is 5.91 Å². The van der Waals surface area contributed by atoms with Crippen LogP contribution in [0.25, 0.3) is 0 Å². The second-order valence-electron chi connectivity index (χ2n) is 5.03. The number of hydrogen-bond acceptors (Lipinski definition) is 4. The van der Waals surface area contributed by atoms with E-state index in [1.807, 2.05) is 40.9 Å². The average Bonchev–Trinajstić information content (AvgIpc) is 2.53. The molecule has 0 aromatic heterocycles. The second kappa shape index (κ2) is 8.03. The van der Waals surface area contributed by atoms with E-state index >= 15 is 0 Å². The first-order valence-electron chi connectivity index (χ1n) is 7.01. The summed E-state index contributed by atoms with van der Waals surface area (Å²) in [4.78, 5) is 14.5. The molecule has 1 saturated heterocycles. The number of thioether (sulfide) groups is 1. The van der Waals surface area contributed by atoms with Crippen LogP contribution in [0.15, 0.2) is 24.3 Å². The van der Waals surface area contributed by atoms with Crippen molar-refractivity contribution in [3.05, 3.63) is 34.9 Å². The van der Waals surface area contributed by atoms with E-state index in [4.69, 9.17) is 22.1 Å². The molecule has 21 heavy (non-hydrogen) atoms. The Hall–Kier alpha value is -0.750. The lowest BCUT2D eigenvalue weighted by molar-refractivity contribution is -0.135. The van der Waals surface area contributed by atoms with Gasteiger partial charge in [-0.15, -0.1) is 0 Å². The van der Waals surface area contributed by atoms with E-state index in [0.29, 0.717) is 18.0 Å². The van der Waals surface area contributed by atoms with E-state index in [0.717, 1.165) is 23.6 Å². The van der Waals surface area contributed by atoms with Crippen LogP contribution < -0.4 is 5.73 Å². The van der Waals surface area contributed by atoms with Crippen LogP contribution >= 0.6 is 23.4 Å². The van der Waals surface area contributed by atoms with Crippen molar-refractivity contribution in [2.24, 2.45) is 5.73 Å². The van der Waals surface area contributed by atoms with Gasteiger partial charge in [-0.3, -0.25) is 4.79 Å². The number of rotatable bonds is 5. The molecular formula is C15H21ClN2O2S. The molecular weight excluding hydrogens is 308 g/mol. The normalized spacial score (nSPS) is 20.3. The van der Waals surface area contributed by atoms with Crippen LogP contribution in [0, 0.1) is 0 Å². The van der Waals surface area contributed by atoms with Gasteiger partial charge in [-0.2, -0.15) is 11.8 Å². The summed E-state index contributed by atoms with van der Waals surface area (Å²) in [7, 11) is 1.59. The highest BCUT2D eigenvalue weighted by Gasteiger charge is 2.29. The number of ether oxygens (including phenoxy) is 1. The summed E-state index contributed by atoms with van der Waals surface area (Å²) in [6.45, 7) is 1.12. The minimum absolute atomic E-state index is 0.101. The molecule has 116 valence electrons. The molecule has 1 heterocycles. The minimum atomic E-state index is -0.210. The first kappa shape index (κ1) is 16.6. The van der Waals surface area contributed by atoms with Gasteiger partial charge in [-0.1, -0.05) is 23.7 Å². The fourth-order valence-corrected chi connectivity index (χ4v) is 3.65. The summed E-state index contributed by atoms with van der Waals surface area (Å²) < 4.78 is 5.22. The molecule has 0 radical (unpaired) electrons. The first-order valence-corrected chi connectivity index (χ1v) is 8.54. The van der Waals surface area contributed by atoms with Crippen molar-refractivity contribution in [3.63, 3.8) is 0 Å². The Morgan fingerprint density at radius 3 is 2.86 bits per heavy atom. The zero-order valence-corrected chi connectivity index (χ0v) is 13.7. The van der Waals surface area contributed by atoms with Crippen LogP contribution in [0.2, 0.25) is 5.02 Å². The van der Waals surface area contributed by atoms with Crippen LogP contribution in [-0.4, -0.2) is 48.6 Å². The molecule has 2 unspecified atom stereocenters. The van der Waals surface area contributed by atoms with Gasteiger partial charge in [0.1, 0.15) is 0 Å². The molecule has 1 aliphatic heterocycles. The molecule has 1 fully saturated rings. The van der Waals surface area contributed by atoms with E-state index in [2.05, 4.69) is 0 Å². The quantitative estimate of drug-likeness (QED) is 0.901. The molecule has 0 spiro atoms. The Morgan fingerprint density at radius 1 is 1.52 bits per heavy atom.